The van der Waals surface area contributed by atoms with Crippen molar-refractivity contribution in [3.05, 3.63) is 0 Å². The van der Waals surface area contributed by atoms with E-state index in [2.05, 4.69) is 0 Å². The van der Waals surface area contributed by atoms with Crippen molar-refractivity contribution in [2.75, 3.05) is 13.2 Å². The van der Waals surface area contributed by atoms with E-state index < -0.39 is 74.4 Å². The van der Waals surface area contributed by atoms with Crippen LogP contribution in [0.2, 0.25) is 0 Å². The number of aliphatic hydroxyl groups is 7. The van der Waals surface area contributed by atoms with Gasteiger partial charge in [-0.25, -0.2) is 0 Å². The smallest absolute Gasteiger partial charge is 0.187 e. The van der Waals surface area contributed by atoms with Crippen molar-refractivity contribution in [3.63, 3.8) is 0 Å². The van der Waals surface area contributed by atoms with E-state index in [0.29, 0.717) is 0 Å². The molecule has 2 heterocycles. The van der Waals surface area contributed by atoms with E-state index in [9.17, 15) is 40.5 Å². The number of hydrogen-bond donors (Lipinski definition) is 7. The summed E-state index contributed by atoms with van der Waals surface area (Å²) in [7, 11) is 0. The highest BCUT2D eigenvalue weighted by atomic mass is 16.7. The van der Waals surface area contributed by atoms with Gasteiger partial charge in [0.05, 0.1) is 19.3 Å². The van der Waals surface area contributed by atoms with Gasteiger partial charge in [-0.15, -0.1) is 0 Å². The number of ether oxygens (including phenoxy) is 3. The summed E-state index contributed by atoms with van der Waals surface area (Å²) in [5, 5.41) is 68.6. The Labute approximate surface area is 149 Å². The second-order valence-corrected chi connectivity index (χ2v) is 6.61. The van der Waals surface area contributed by atoms with Gasteiger partial charge in [-0.05, 0) is 6.92 Å². The third-order valence-corrected chi connectivity index (χ3v) is 4.67. The molecule has 0 radical (unpaired) electrons. The topological polar surface area (TPSA) is 186 Å². The lowest BCUT2D eigenvalue weighted by molar-refractivity contribution is -0.350. The molecule has 7 N–H and O–H groups in total. The van der Waals surface area contributed by atoms with Crippen LogP contribution in [0.25, 0.3) is 0 Å². The summed E-state index contributed by atoms with van der Waals surface area (Å²) in [4.78, 5) is 11.3. The quantitative estimate of drug-likeness (QED) is 0.236. The lowest BCUT2D eigenvalue weighted by Crippen LogP contribution is -2.63. The Morgan fingerprint density at radius 3 is 2.04 bits per heavy atom. The molecule has 0 spiro atoms. The molecule has 152 valence electrons. The number of aliphatic hydroxyl groups excluding tert-OH is 7. The Hall–Kier alpha value is -0.730. The molecule has 26 heavy (non-hydrogen) atoms. The molecule has 11 nitrogen and oxygen atoms in total. The van der Waals surface area contributed by atoms with E-state index in [1.807, 2.05) is 0 Å². The minimum Gasteiger partial charge on any atom is -0.394 e. The average Bonchev–Trinajstić information content (AvgIpc) is 2.60. The fourth-order valence-corrected chi connectivity index (χ4v) is 3.19. The maximum atomic E-state index is 11.3. The molecule has 0 aromatic rings. The highest BCUT2D eigenvalue weighted by molar-refractivity contribution is 5.75. The van der Waals surface area contributed by atoms with Gasteiger partial charge in [0.25, 0.3) is 0 Å². The predicted molar refractivity (Wildman–Crippen MR) is 81.4 cm³/mol. The maximum Gasteiger partial charge on any atom is 0.187 e. The fraction of sp³-hybridized carbons (Fsp3) is 0.933. The third-order valence-electron chi connectivity index (χ3n) is 4.67. The summed E-state index contributed by atoms with van der Waals surface area (Å²) in [5.74, 6) is -1.35. The van der Waals surface area contributed by atoms with Crippen LogP contribution in [0.1, 0.15) is 13.3 Å². The molecule has 2 rings (SSSR count). The van der Waals surface area contributed by atoms with E-state index in [1.165, 1.54) is 6.92 Å². The molecular weight excluding hydrogens is 356 g/mol. The second kappa shape index (κ2) is 8.97. The summed E-state index contributed by atoms with van der Waals surface area (Å²) in [6.45, 7) is -0.0440. The van der Waals surface area contributed by atoms with Crippen molar-refractivity contribution in [3.8, 4) is 0 Å². The van der Waals surface area contributed by atoms with Crippen LogP contribution in [-0.2, 0) is 19.0 Å². The molecule has 11 heteroatoms. The second-order valence-electron chi connectivity index (χ2n) is 6.61. The van der Waals surface area contributed by atoms with E-state index in [1.54, 1.807) is 0 Å². The standard InChI is InChI=1S/C15H26O11/c1-5(18)2-6-9(19)13(8(4-17)24-14(6)23)26-15-12(22)11(21)10(20)7(3-16)25-15/h6-17,19-23H,2-4H2,1H3/t6-,7-,8-,9-,10+,11+,12-,13-,14?,15+/m1/s1. The van der Waals surface area contributed by atoms with Crippen LogP contribution in [0.3, 0.4) is 0 Å². The highest BCUT2D eigenvalue weighted by Gasteiger charge is 2.50. The molecule has 0 bridgehead atoms. The molecule has 0 aromatic heterocycles. The first kappa shape index (κ1) is 21.6. The molecule has 10 atom stereocenters. The monoisotopic (exact) mass is 382 g/mol. The Bertz CT molecular complexity index is 473. The van der Waals surface area contributed by atoms with Gasteiger partial charge in [0, 0.05) is 12.3 Å². The van der Waals surface area contributed by atoms with Gasteiger partial charge >= 0.3 is 0 Å². The van der Waals surface area contributed by atoms with Gasteiger partial charge in [-0.2, -0.15) is 0 Å². The van der Waals surface area contributed by atoms with Crippen LogP contribution in [0, 0.1) is 5.92 Å². The normalized spacial score (nSPS) is 46.9. The molecule has 2 aliphatic rings. The van der Waals surface area contributed by atoms with E-state index in [0.717, 1.165) is 0 Å². The Morgan fingerprint density at radius 2 is 1.50 bits per heavy atom. The fourth-order valence-electron chi connectivity index (χ4n) is 3.19. The van der Waals surface area contributed by atoms with Crippen LogP contribution >= 0.6 is 0 Å². The molecular formula is C15H26O11. The number of carbonyl (C=O) groups excluding carboxylic acids is 1. The van der Waals surface area contributed by atoms with Crippen LogP contribution in [0.4, 0.5) is 0 Å². The van der Waals surface area contributed by atoms with E-state index >= 15 is 0 Å². The molecule has 0 aromatic carbocycles. The summed E-state index contributed by atoms with van der Waals surface area (Å²) in [6, 6.07) is 0. The first-order valence-corrected chi connectivity index (χ1v) is 8.29. The number of rotatable bonds is 6. The first-order chi connectivity index (χ1) is 12.2. The van der Waals surface area contributed by atoms with Crippen molar-refractivity contribution in [2.24, 2.45) is 5.92 Å². The molecule has 1 unspecified atom stereocenters. The Kier molecular flexibility index (Phi) is 7.44. The Morgan fingerprint density at radius 1 is 0.885 bits per heavy atom. The molecule has 0 aliphatic carbocycles. The lowest BCUT2D eigenvalue weighted by Gasteiger charge is -2.46. The highest BCUT2D eigenvalue weighted by Crippen LogP contribution is 2.32. The van der Waals surface area contributed by atoms with Crippen molar-refractivity contribution < 1.29 is 54.8 Å². The molecule has 0 amide bonds. The molecule has 0 saturated carbocycles. The zero-order valence-corrected chi connectivity index (χ0v) is 14.2. The van der Waals surface area contributed by atoms with Crippen molar-refractivity contribution in [2.45, 2.75) is 68.7 Å². The average molecular weight is 382 g/mol. The molecule has 2 aliphatic heterocycles. The predicted octanol–water partition coefficient (Wildman–Crippen LogP) is -4.16. The molecule has 2 fully saturated rings. The largest absolute Gasteiger partial charge is 0.394 e. The van der Waals surface area contributed by atoms with Crippen molar-refractivity contribution >= 4 is 5.78 Å². The van der Waals surface area contributed by atoms with Gasteiger partial charge in [-0.3, -0.25) is 0 Å². The van der Waals surface area contributed by atoms with Gasteiger partial charge in [0.2, 0.25) is 0 Å². The number of ketones is 1. The van der Waals surface area contributed by atoms with Crippen molar-refractivity contribution in [1.29, 1.82) is 0 Å². The minimum atomic E-state index is -1.71. The van der Waals surface area contributed by atoms with Crippen molar-refractivity contribution in [1.82, 2.24) is 0 Å². The lowest BCUT2D eigenvalue weighted by atomic mass is 9.87. The summed E-state index contributed by atoms with van der Waals surface area (Å²) in [5.41, 5.74) is 0. The van der Waals surface area contributed by atoms with E-state index in [-0.39, 0.29) is 12.2 Å². The van der Waals surface area contributed by atoms with Crippen LogP contribution in [-0.4, -0.2) is 110 Å². The van der Waals surface area contributed by atoms with Gasteiger partial charge in [0.15, 0.2) is 12.6 Å². The third kappa shape index (κ3) is 4.39. The summed E-state index contributed by atoms with van der Waals surface area (Å²) < 4.78 is 15.8. The SMILES string of the molecule is CC(=O)C[C@H]1C(O)O[C@H](CO)[C@@H](O[C@@H]2O[C@H](CO)[C@H](O)[C@H](O)[C@H]2O)[C@@H]1O. The van der Waals surface area contributed by atoms with Crippen LogP contribution in [0.15, 0.2) is 0 Å². The zero-order chi connectivity index (χ0) is 19.6. The number of hydrogen-bond acceptors (Lipinski definition) is 11. The number of Topliss-reactive ketones (excluding diaryl/α,β-unsaturated/α-hetero) is 1. The van der Waals surface area contributed by atoms with Gasteiger partial charge in [0.1, 0.15) is 42.4 Å². The first-order valence-electron chi connectivity index (χ1n) is 8.29. The van der Waals surface area contributed by atoms with E-state index in [4.69, 9.17) is 14.2 Å². The summed E-state index contributed by atoms with van der Waals surface area (Å²) >= 11 is 0. The molecule has 2 saturated heterocycles. The maximum absolute atomic E-state index is 11.3. The van der Waals surface area contributed by atoms with Gasteiger partial charge < -0.3 is 54.8 Å². The minimum absolute atomic E-state index is 0.213. The summed E-state index contributed by atoms with van der Waals surface area (Å²) in [6.07, 6.45) is -13.4. The zero-order valence-electron chi connectivity index (χ0n) is 14.2. The Balaban J connectivity index is 2.16. The van der Waals surface area contributed by atoms with Crippen LogP contribution in [0.5, 0.6) is 0 Å². The number of carbonyl (C=O) groups is 1. The van der Waals surface area contributed by atoms with Gasteiger partial charge in [-0.1, -0.05) is 0 Å². The van der Waals surface area contributed by atoms with Crippen LogP contribution < -0.4 is 0 Å².